The Bertz CT molecular complexity index is 1100. The van der Waals surface area contributed by atoms with Crippen molar-refractivity contribution >= 4 is 21.6 Å². The van der Waals surface area contributed by atoms with Gasteiger partial charge in [0.05, 0.1) is 18.6 Å². The molecule has 0 atom stereocenters. The summed E-state index contributed by atoms with van der Waals surface area (Å²) in [5.41, 5.74) is 1.38. The number of carbonyl (C=O) groups excluding carboxylic acids is 1. The third kappa shape index (κ3) is 5.93. The second-order valence-electron chi connectivity index (χ2n) is 8.69. The van der Waals surface area contributed by atoms with E-state index in [0.29, 0.717) is 31.1 Å². The fraction of sp³-hybridized carbons (Fsp3) is 0.458. The summed E-state index contributed by atoms with van der Waals surface area (Å²) < 4.78 is 45.7. The number of benzene rings is 2. The van der Waals surface area contributed by atoms with E-state index >= 15 is 0 Å². The third-order valence-corrected chi connectivity index (χ3v) is 8.22. The molecule has 0 aliphatic carbocycles. The molecule has 2 saturated heterocycles. The van der Waals surface area contributed by atoms with Gasteiger partial charge in [-0.05, 0) is 55.3 Å². The molecule has 2 heterocycles. The van der Waals surface area contributed by atoms with Crippen LogP contribution in [0.4, 0.5) is 10.1 Å². The molecule has 1 N–H and O–H groups in total. The van der Waals surface area contributed by atoms with Crippen LogP contribution >= 0.6 is 0 Å². The van der Waals surface area contributed by atoms with Gasteiger partial charge in [-0.2, -0.15) is 4.31 Å². The lowest BCUT2D eigenvalue weighted by molar-refractivity contribution is -0.117. The standard InChI is InChI=1S/C24H31FN4O4S/c1-33-23-9-4-20(25)16-19(23)17-27-12-14-28(15-13-27)18-24(30)26-21-5-7-22(8-6-21)34(31,32)29-10-2-3-11-29/h4-9,16H,2-3,10-15,17-18H2,1H3,(H,26,30). The van der Waals surface area contributed by atoms with E-state index < -0.39 is 10.0 Å². The van der Waals surface area contributed by atoms with Crippen LogP contribution in [0.5, 0.6) is 5.75 Å². The molecule has 2 aromatic rings. The van der Waals surface area contributed by atoms with Gasteiger partial charge in [-0.15, -0.1) is 0 Å². The number of halogens is 1. The number of sulfonamides is 1. The second-order valence-corrected chi connectivity index (χ2v) is 10.6. The summed E-state index contributed by atoms with van der Waals surface area (Å²) >= 11 is 0. The first-order valence-corrected chi connectivity index (χ1v) is 13.0. The Kier molecular flexibility index (Phi) is 7.82. The molecule has 34 heavy (non-hydrogen) atoms. The lowest BCUT2D eigenvalue weighted by atomic mass is 10.1. The smallest absolute Gasteiger partial charge is 0.243 e. The minimum atomic E-state index is -3.46. The number of anilines is 1. The van der Waals surface area contributed by atoms with Crippen LogP contribution in [0.2, 0.25) is 0 Å². The van der Waals surface area contributed by atoms with Gasteiger partial charge < -0.3 is 10.1 Å². The largest absolute Gasteiger partial charge is 0.496 e. The Morgan fingerprint density at radius 3 is 2.26 bits per heavy atom. The number of hydrogen-bond acceptors (Lipinski definition) is 6. The summed E-state index contributed by atoms with van der Waals surface area (Å²) in [6.45, 7) is 4.93. The maximum atomic E-state index is 13.6. The third-order valence-electron chi connectivity index (χ3n) is 6.31. The zero-order valence-electron chi connectivity index (χ0n) is 19.4. The average molecular weight is 491 g/mol. The summed E-state index contributed by atoms with van der Waals surface area (Å²) in [5, 5.41) is 2.85. The average Bonchev–Trinajstić information content (AvgIpc) is 3.37. The first-order chi connectivity index (χ1) is 16.3. The van der Waals surface area contributed by atoms with Gasteiger partial charge in [0, 0.05) is 57.1 Å². The number of amides is 1. The van der Waals surface area contributed by atoms with Gasteiger partial charge in [-0.3, -0.25) is 14.6 Å². The molecule has 0 bridgehead atoms. The number of nitrogens with one attached hydrogen (secondary N) is 1. The monoisotopic (exact) mass is 490 g/mol. The van der Waals surface area contributed by atoms with Crippen molar-refractivity contribution in [1.82, 2.24) is 14.1 Å². The van der Waals surface area contributed by atoms with Crippen molar-refractivity contribution in [2.24, 2.45) is 0 Å². The molecule has 2 aromatic carbocycles. The van der Waals surface area contributed by atoms with Gasteiger partial charge in [0.1, 0.15) is 11.6 Å². The zero-order valence-corrected chi connectivity index (χ0v) is 20.2. The molecule has 0 radical (unpaired) electrons. The molecule has 2 fully saturated rings. The number of piperazine rings is 1. The predicted octanol–water partition coefficient (Wildman–Crippen LogP) is 2.38. The highest BCUT2D eigenvalue weighted by Gasteiger charge is 2.27. The molecule has 10 heteroatoms. The van der Waals surface area contributed by atoms with E-state index in [0.717, 1.165) is 44.6 Å². The summed E-state index contributed by atoms with van der Waals surface area (Å²) in [5.74, 6) is 0.241. The Morgan fingerprint density at radius 2 is 1.62 bits per heavy atom. The molecule has 0 saturated carbocycles. The number of nitrogens with zero attached hydrogens (tertiary/aromatic N) is 3. The number of ether oxygens (including phenoxy) is 1. The molecule has 184 valence electrons. The van der Waals surface area contributed by atoms with Gasteiger partial charge in [0.25, 0.3) is 0 Å². The van der Waals surface area contributed by atoms with Crippen LogP contribution in [0.1, 0.15) is 18.4 Å². The van der Waals surface area contributed by atoms with Gasteiger partial charge in [0.2, 0.25) is 15.9 Å². The summed E-state index contributed by atoms with van der Waals surface area (Å²) in [4.78, 5) is 17.0. The quantitative estimate of drug-likeness (QED) is 0.612. The molecule has 1 amide bonds. The SMILES string of the molecule is COc1ccc(F)cc1CN1CCN(CC(=O)Nc2ccc(S(=O)(=O)N3CCCC3)cc2)CC1. The van der Waals surface area contributed by atoms with Crippen LogP contribution in [0.3, 0.4) is 0 Å². The molecule has 2 aliphatic heterocycles. The fourth-order valence-corrected chi connectivity index (χ4v) is 5.93. The van der Waals surface area contributed by atoms with E-state index in [1.165, 1.54) is 16.4 Å². The Balaban J connectivity index is 1.25. The highest BCUT2D eigenvalue weighted by Crippen LogP contribution is 2.23. The minimum absolute atomic E-state index is 0.143. The number of rotatable bonds is 8. The van der Waals surface area contributed by atoms with Crippen molar-refractivity contribution in [1.29, 1.82) is 0 Å². The van der Waals surface area contributed by atoms with Crippen molar-refractivity contribution in [3.63, 3.8) is 0 Å². The van der Waals surface area contributed by atoms with Gasteiger partial charge >= 0.3 is 0 Å². The normalized spacial score (nSPS) is 18.2. The van der Waals surface area contributed by atoms with E-state index in [1.54, 1.807) is 37.4 Å². The molecule has 2 aliphatic rings. The van der Waals surface area contributed by atoms with Gasteiger partial charge in [-0.1, -0.05) is 0 Å². The number of carbonyl (C=O) groups is 1. The van der Waals surface area contributed by atoms with Crippen LogP contribution in [-0.4, -0.2) is 81.4 Å². The van der Waals surface area contributed by atoms with Crippen LogP contribution in [-0.2, 0) is 21.4 Å². The van der Waals surface area contributed by atoms with Crippen LogP contribution in [0.15, 0.2) is 47.4 Å². The van der Waals surface area contributed by atoms with Crippen molar-refractivity contribution in [3.8, 4) is 5.75 Å². The Morgan fingerprint density at radius 1 is 0.971 bits per heavy atom. The highest BCUT2D eigenvalue weighted by atomic mass is 32.2. The fourth-order valence-electron chi connectivity index (χ4n) is 4.41. The topological polar surface area (TPSA) is 82.2 Å². The molecular weight excluding hydrogens is 459 g/mol. The first kappa shape index (κ1) is 24.6. The van der Waals surface area contributed by atoms with E-state index in [4.69, 9.17) is 4.74 Å². The van der Waals surface area contributed by atoms with E-state index in [2.05, 4.69) is 15.1 Å². The Hall–Kier alpha value is -2.53. The molecular formula is C24H31FN4O4S. The second kappa shape index (κ2) is 10.8. The lowest BCUT2D eigenvalue weighted by Gasteiger charge is -2.34. The van der Waals surface area contributed by atoms with E-state index in [-0.39, 0.29) is 23.2 Å². The van der Waals surface area contributed by atoms with Crippen molar-refractivity contribution in [2.45, 2.75) is 24.3 Å². The highest BCUT2D eigenvalue weighted by molar-refractivity contribution is 7.89. The molecule has 8 nitrogen and oxygen atoms in total. The van der Waals surface area contributed by atoms with Crippen molar-refractivity contribution in [3.05, 3.63) is 53.8 Å². The van der Waals surface area contributed by atoms with Crippen LogP contribution in [0, 0.1) is 5.82 Å². The Labute approximate surface area is 200 Å². The maximum absolute atomic E-state index is 13.6. The first-order valence-electron chi connectivity index (χ1n) is 11.5. The number of methoxy groups -OCH3 is 1. The molecule has 0 aromatic heterocycles. The van der Waals surface area contributed by atoms with E-state index in [1.807, 2.05) is 0 Å². The van der Waals surface area contributed by atoms with E-state index in [9.17, 15) is 17.6 Å². The summed E-state index contributed by atoms with van der Waals surface area (Å²) in [7, 11) is -1.89. The van der Waals surface area contributed by atoms with Crippen LogP contribution in [0.25, 0.3) is 0 Å². The molecule has 4 rings (SSSR count). The minimum Gasteiger partial charge on any atom is -0.496 e. The summed E-state index contributed by atoms with van der Waals surface area (Å²) in [6, 6.07) is 10.9. The lowest BCUT2D eigenvalue weighted by Crippen LogP contribution is -2.48. The van der Waals surface area contributed by atoms with Crippen LogP contribution < -0.4 is 10.1 Å². The van der Waals surface area contributed by atoms with Crippen molar-refractivity contribution < 1.29 is 22.3 Å². The van der Waals surface area contributed by atoms with Gasteiger partial charge in [0.15, 0.2) is 0 Å². The molecule has 0 unspecified atom stereocenters. The summed E-state index contributed by atoms with van der Waals surface area (Å²) in [6.07, 6.45) is 1.78. The predicted molar refractivity (Wildman–Crippen MR) is 128 cm³/mol. The van der Waals surface area contributed by atoms with Gasteiger partial charge in [-0.25, -0.2) is 12.8 Å². The van der Waals surface area contributed by atoms with Crippen molar-refractivity contribution in [2.75, 3.05) is 58.2 Å². The maximum Gasteiger partial charge on any atom is 0.243 e. The number of hydrogen-bond donors (Lipinski definition) is 1. The molecule has 0 spiro atoms. The zero-order chi connectivity index (χ0) is 24.1.